The number of pyridine rings is 1. The highest BCUT2D eigenvalue weighted by Gasteiger charge is 2.26. The summed E-state index contributed by atoms with van der Waals surface area (Å²) in [7, 11) is 1.62. The van der Waals surface area contributed by atoms with E-state index in [1.807, 2.05) is 4.90 Å². The maximum atomic E-state index is 11.7. The Kier molecular flexibility index (Phi) is 4.07. The third kappa shape index (κ3) is 2.81. The standard InChI is InChI=1S/C13H18N4O3/c1-15-12(18)8-3-2-4-17(7-8)11-10(14)5-9(6-16-11)13(19)20/h5-6,8H,2-4,7,14H2,1H3,(H,15,18)(H,19,20). The summed E-state index contributed by atoms with van der Waals surface area (Å²) >= 11 is 0. The number of carboxylic acid groups (broad SMARTS) is 1. The first-order valence-corrected chi connectivity index (χ1v) is 6.48. The zero-order valence-corrected chi connectivity index (χ0v) is 11.3. The predicted octanol–water partition coefficient (Wildman–Crippen LogP) is 0.324. The highest BCUT2D eigenvalue weighted by Crippen LogP contribution is 2.26. The fraction of sp³-hybridized carbons (Fsp3) is 0.462. The van der Waals surface area contributed by atoms with E-state index in [1.165, 1.54) is 12.3 Å². The van der Waals surface area contributed by atoms with E-state index in [-0.39, 0.29) is 17.4 Å². The number of carboxylic acids is 1. The molecule has 1 aromatic rings. The van der Waals surface area contributed by atoms with Crippen molar-refractivity contribution in [1.82, 2.24) is 10.3 Å². The largest absolute Gasteiger partial charge is 0.478 e. The predicted molar refractivity (Wildman–Crippen MR) is 74.6 cm³/mol. The molecule has 0 aliphatic carbocycles. The first-order chi connectivity index (χ1) is 9.52. The van der Waals surface area contributed by atoms with Crippen LogP contribution in [-0.2, 0) is 4.79 Å². The van der Waals surface area contributed by atoms with Crippen LogP contribution in [0.15, 0.2) is 12.3 Å². The molecular weight excluding hydrogens is 260 g/mol. The minimum absolute atomic E-state index is 0.00966. The van der Waals surface area contributed by atoms with E-state index in [0.29, 0.717) is 18.1 Å². The van der Waals surface area contributed by atoms with Gasteiger partial charge in [0.15, 0.2) is 5.82 Å². The summed E-state index contributed by atoms with van der Waals surface area (Å²) in [5, 5.41) is 11.5. The number of piperidine rings is 1. The number of amides is 1. The fourth-order valence-electron chi connectivity index (χ4n) is 2.44. The molecule has 1 aliphatic heterocycles. The molecule has 20 heavy (non-hydrogen) atoms. The van der Waals surface area contributed by atoms with Gasteiger partial charge in [-0.1, -0.05) is 0 Å². The van der Waals surface area contributed by atoms with Crippen LogP contribution < -0.4 is 16.0 Å². The van der Waals surface area contributed by atoms with E-state index in [4.69, 9.17) is 10.8 Å². The summed E-state index contributed by atoms with van der Waals surface area (Å²) in [6.07, 6.45) is 3.00. The lowest BCUT2D eigenvalue weighted by Gasteiger charge is -2.33. The van der Waals surface area contributed by atoms with Crippen LogP contribution in [-0.4, -0.2) is 42.1 Å². The second kappa shape index (κ2) is 5.77. The highest BCUT2D eigenvalue weighted by molar-refractivity contribution is 5.89. The van der Waals surface area contributed by atoms with E-state index in [0.717, 1.165) is 19.4 Å². The van der Waals surface area contributed by atoms with Crippen LogP contribution in [0.25, 0.3) is 0 Å². The number of hydrogen-bond acceptors (Lipinski definition) is 5. The number of nitrogens with zero attached hydrogens (tertiary/aromatic N) is 2. The molecule has 1 fully saturated rings. The van der Waals surface area contributed by atoms with Gasteiger partial charge in [-0.05, 0) is 18.9 Å². The minimum atomic E-state index is -1.06. The fourth-order valence-corrected chi connectivity index (χ4v) is 2.44. The van der Waals surface area contributed by atoms with Crippen molar-refractivity contribution < 1.29 is 14.7 Å². The maximum Gasteiger partial charge on any atom is 0.337 e. The zero-order valence-electron chi connectivity index (χ0n) is 11.3. The van der Waals surface area contributed by atoms with Crippen molar-refractivity contribution in [3.63, 3.8) is 0 Å². The van der Waals surface area contributed by atoms with Gasteiger partial charge in [-0.25, -0.2) is 9.78 Å². The van der Waals surface area contributed by atoms with Crippen LogP contribution >= 0.6 is 0 Å². The molecule has 1 unspecified atom stereocenters. The third-order valence-electron chi connectivity index (χ3n) is 3.48. The van der Waals surface area contributed by atoms with Gasteiger partial charge in [-0.15, -0.1) is 0 Å². The number of rotatable bonds is 3. The van der Waals surface area contributed by atoms with Crippen LogP contribution in [0.3, 0.4) is 0 Å². The van der Waals surface area contributed by atoms with Gasteiger partial charge in [-0.2, -0.15) is 0 Å². The molecule has 2 rings (SSSR count). The number of aromatic carboxylic acids is 1. The van der Waals surface area contributed by atoms with E-state index >= 15 is 0 Å². The van der Waals surface area contributed by atoms with Crippen molar-refractivity contribution in [2.45, 2.75) is 12.8 Å². The summed E-state index contributed by atoms with van der Waals surface area (Å²) in [6, 6.07) is 1.40. The number of carbonyl (C=O) groups excluding carboxylic acids is 1. The number of nitrogens with two attached hydrogens (primary N) is 1. The molecule has 2 heterocycles. The molecule has 1 aromatic heterocycles. The lowest BCUT2D eigenvalue weighted by molar-refractivity contribution is -0.124. The molecule has 0 saturated carbocycles. The summed E-state index contributed by atoms with van der Waals surface area (Å²) in [6.45, 7) is 1.31. The van der Waals surface area contributed by atoms with Crippen molar-refractivity contribution >= 4 is 23.4 Å². The Morgan fingerprint density at radius 2 is 2.30 bits per heavy atom. The molecule has 7 heteroatoms. The summed E-state index contributed by atoms with van der Waals surface area (Å²) in [4.78, 5) is 28.6. The Labute approximate surface area is 116 Å². The monoisotopic (exact) mass is 278 g/mol. The summed E-state index contributed by atoms with van der Waals surface area (Å²) in [5.41, 5.74) is 6.26. The number of nitrogens with one attached hydrogen (secondary N) is 1. The molecule has 108 valence electrons. The number of carbonyl (C=O) groups is 2. The van der Waals surface area contributed by atoms with Crippen LogP contribution in [0.5, 0.6) is 0 Å². The maximum absolute atomic E-state index is 11.7. The van der Waals surface area contributed by atoms with E-state index in [2.05, 4.69) is 10.3 Å². The number of nitrogen functional groups attached to an aromatic ring is 1. The second-order valence-electron chi connectivity index (χ2n) is 4.84. The van der Waals surface area contributed by atoms with Gasteiger partial charge in [-0.3, -0.25) is 4.79 Å². The van der Waals surface area contributed by atoms with Crippen LogP contribution in [0.2, 0.25) is 0 Å². The average Bonchev–Trinajstić information content (AvgIpc) is 2.46. The van der Waals surface area contributed by atoms with Gasteiger partial charge >= 0.3 is 5.97 Å². The van der Waals surface area contributed by atoms with Crippen LogP contribution in [0, 0.1) is 5.92 Å². The van der Waals surface area contributed by atoms with Crippen LogP contribution in [0.4, 0.5) is 11.5 Å². The van der Waals surface area contributed by atoms with E-state index < -0.39 is 5.97 Å². The SMILES string of the molecule is CNC(=O)C1CCCN(c2ncc(C(=O)O)cc2N)C1. The third-order valence-corrected chi connectivity index (χ3v) is 3.48. The van der Waals surface area contributed by atoms with E-state index in [9.17, 15) is 9.59 Å². The quantitative estimate of drug-likeness (QED) is 0.735. The van der Waals surface area contributed by atoms with E-state index in [1.54, 1.807) is 7.05 Å². The smallest absolute Gasteiger partial charge is 0.337 e. The van der Waals surface area contributed by atoms with Gasteiger partial charge < -0.3 is 21.1 Å². The summed E-state index contributed by atoms with van der Waals surface area (Å²) in [5.74, 6) is -0.592. The molecule has 1 atom stereocenters. The molecule has 0 radical (unpaired) electrons. The van der Waals surface area contributed by atoms with Gasteiger partial charge in [0.2, 0.25) is 5.91 Å². The highest BCUT2D eigenvalue weighted by atomic mass is 16.4. The lowest BCUT2D eigenvalue weighted by Crippen LogP contribution is -2.42. The topological polar surface area (TPSA) is 109 Å². The van der Waals surface area contributed by atoms with Gasteiger partial charge in [0.05, 0.1) is 17.2 Å². The Balaban J connectivity index is 2.19. The molecular formula is C13H18N4O3. The second-order valence-corrected chi connectivity index (χ2v) is 4.84. The Morgan fingerprint density at radius 1 is 1.55 bits per heavy atom. The van der Waals surface area contributed by atoms with Crippen molar-refractivity contribution in [3.8, 4) is 0 Å². The lowest BCUT2D eigenvalue weighted by atomic mass is 9.97. The first-order valence-electron chi connectivity index (χ1n) is 6.48. The van der Waals surface area contributed by atoms with Crippen molar-refractivity contribution in [2.24, 2.45) is 5.92 Å². The molecule has 4 N–H and O–H groups in total. The Hall–Kier alpha value is -2.31. The van der Waals surface area contributed by atoms with Gasteiger partial charge in [0.1, 0.15) is 0 Å². The molecule has 0 bridgehead atoms. The first kappa shape index (κ1) is 14.1. The van der Waals surface area contributed by atoms with Crippen LogP contribution in [0.1, 0.15) is 23.2 Å². The Bertz CT molecular complexity index is 532. The van der Waals surface area contributed by atoms with Crippen molar-refractivity contribution in [1.29, 1.82) is 0 Å². The molecule has 7 nitrogen and oxygen atoms in total. The molecule has 0 spiro atoms. The summed E-state index contributed by atoms with van der Waals surface area (Å²) < 4.78 is 0. The van der Waals surface area contributed by atoms with Gasteiger partial charge in [0, 0.05) is 26.3 Å². The molecule has 0 aromatic carbocycles. The van der Waals surface area contributed by atoms with Crippen molar-refractivity contribution in [2.75, 3.05) is 30.8 Å². The number of hydrogen-bond donors (Lipinski definition) is 3. The Morgan fingerprint density at radius 3 is 2.90 bits per heavy atom. The molecule has 1 saturated heterocycles. The minimum Gasteiger partial charge on any atom is -0.478 e. The number of anilines is 2. The normalized spacial score (nSPS) is 18.6. The molecule has 1 amide bonds. The van der Waals surface area contributed by atoms with Gasteiger partial charge in [0.25, 0.3) is 0 Å². The average molecular weight is 278 g/mol. The van der Waals surface area contributed by atoms with Crippen molar-refractivity contribution in [3.05, 3.63) is 17.8 Å². The molecule has 1 aliphatic rings. The number of aromatic nitrogens is 1. The zero-order chi connectivity index (χ0) is 14.7.